The van der Waals surface area contributed by atoms with Crippen LogP contribution in [0.25, 0.3) is 5.57 Å². The van der Waals surface area contributed by atoms with E-state index in [2.05, 4.69) is 35.7 Å². The van der Waals surface area contributed by atoms with E-state index < -0.39 is 5.41 Å². The zero-order valence-electron chi connectivity index (χ0n) is 17.6. The van der Waals surface area contributed by atoms with Crippen LogP contribution >= 0.6 is 0 Å². The predicted octanol–water partition coefficient (Wildman–Crippen LogP) is 4.91. The van der Waals surface area contributed by atoms with Gasteiger partial charge in [-0.3, -0.25) is 9.79 Å². The van der Waals surface area contributed by atoms with Crippen molar-refractivity contribution in [2.45, 2.75) is 40.0 Å². The van der Waals surface area contributed by atoms with Gasteiger partial charge in [0.1, 0.15) is 0 Å². The molecule has 0 saturated heterocycles. The van der Waals surface area contributed by atoms with Gasteiger partial charge in [-0.1, -0.05) is 56.3 Å². The van der Waals surface area contributed by atoms with Crippen molar-refractivity contribution < 1.29 is 14.3 Å². The van der Waals surface area contributed by atoms with Crippen molar-refractivity contribution in [2.24, 2.45) is 10.9 Å². The summed E-state index contributed by atoms with van der Waals surface area (Å²) in [7, 11) is 2.71. The summed E-state index contributed by atoms with van der Waals surface area (Å²) in [5.74, 6) is 0.493. The molecule has 0 aromatic heterocycles. The summed E-state index contributed by atoms with van der Waals surface area (Å²) >= 11 is 0. The fourth-order valence-corrected chi connectivity index (χ4v) is 2.33. The molecule has 0 spiro atoms. The number of halogens is 1. The van der Waals surface area contributed by atoms with E-state index in [9.17, 15) is 9.32 Å². The maximum atomic E-state index is 12.5. The van der Waals surface area contributed by atoms with Crippen LogP contribution in [0.2, 0.25) is 0 Å². The minimum atomic E-state index is -0.565. The van der Waals surface area contributed by atoms with E-state index in [1.54, 1.807) is 7.05 Å². The van der Waals surface area contributed by atoms with E-state index in [4.69, 9.17) is 0 Å². The molecule has 0 aliphatic heterocycles. The highest BCUT2D eigenvalue weighted by Gasteiger charge is 2.29. The third kappa shape index (κ3) is 8.78. The Kier molecular flexibility index (Phi) is 11.2. The molecule has 0 saturated carbocycles. The zero-order chi connectivity index (χ0) is 21.0. The Morgan fingerprint density at radius 3 is 2.26 bits per heavy atom. The van der Waals surface area contributed by atoms with E-state index in [0.29, 0.717) is 12.5 Å². The van der Waals surface area contributed by atoms with Crippen LogP contribution in [-0.4, -0.2) is 32.8 Å². The van der Waals surface area contributed by atoms with Gasteiger partial charge in [0.05, 0.1) is 12.5 Å². The zero-order valence-corrected chi connectivity index (χ0v) is 17.6. The number of nitrogens with zero attached hydrogens (tertiary/aromatic N) is 1. The number of hydrogen-bond acceptors (Lipinski definition) is 3. The topological polar surface area (TPSA) is 50.7 Å². The van der Waals surface area contributed by atoms with Gasteiger partial charge < -0.3 is 5.32 Å². The average molecular weight is 377 g/mol. The third-order valence-corrected chi connectivity index (χ3v) is 3.85. The summed E-state index contributed by atoms with van der Waals surface area (Å²) in [5.41, 5.74) is 3.48. The quantitative estimate of drug-likeness (QED) is 0.543. The molecule has 0 unspecified atom stereocenters. The molecule has 5 heteroatoms. The van der Waals surface area contributed by atoms with Crippen molar-refractivity contribution in [1.29, 1.82) is 0 Å². The van der Waals surface area contributed by atoms with E-state index in [1.165, 1.54) is 0 Å². The van der Waals surface area contributed by atoms with E-state index >= 15 is 0 Å². The number of aliphatic imine (C=N–C) groups is 1. The second-order valence-corrected chi connectivity index (χ2v) is 7.29. The van der Waals surface area contributed by atoms with E-state index in [-0.39, 0.29) is 5.91 Å². The lowest BCUT2D eigenvalue weighted by atomic mass is 9.83. The minimum absolute atomic E-state index is 0.0526. The SMILES string of the molecule is C=C(C)/C=C(\C=NC)c1ccc(C(C)(C)C(=O)NCC(C)C)cc1.COF. The molecule has 0 aliphatic rings. The highest BCUT2D eigenvalue weighted by molar-refractivity contribution is 6.10. The molecule has 0 fully saturated rings. The number of benzene rings is 1. The van der Waals surface area contributed by atoms with Gasteiger partial charge in [-0.2, -0.15) is 4.94 Å². The molecule has 1 aromatic carbocycles. The fraction of sp³-hybridized carbons (Fsp3) is 0.455. The van der Waals surface area contributed by atoms with Crippen molar-refractivity contribution in [3.8, 4) is 0 Å². The standard InChI is InChI=1S/C21H30N2O.CH3FO/c1-15(2)12-18(14-22-7)17-8-10-19(11-9-17)21(5,6)20(24)23-13-16(3)4;1-3-2/h8-12,14,16H,1,13H2,2-7H3,(H,23,24);1H3/b18-12+,22-14?;. The van der Waals surface area contributed by atoms with Crippen molar-refractivity contribution in [1.82, 2.24) is 5.32 Å². The van der Waals surface area contributed by atoms with Crippen LogP contribution in [0.5, 0.6) is 0 Å². The third-order valence-electron chi connectivity index (χ3n) is 3.85. The Balaban J connectivity index is 0.00000210. The molecule has 1 N–H and O–H groups in total. The van der Waals surface area contributed by atoms with Crippen LogP contribution in [0.1, 0.15) is 45.7 Å². The lowest BCUT2D eigenvalue weighted by Crippen LogP contribution is -2.41. The molecule has 0 bridgehead atoms. The van der Waals surface area contributed by atoms with Crippen LogP contribution in [0, 0.1) is 5.92 Å². The molecule has 0 atom stereocenters. The molecule has 1 amide bonds. The van der Waals surface area contributed by atoms with Gasteiger partial charge in [0.2, 0.25) is 5.91 Å². The molecule has 150 valence electrons. The van der Waals surface area contributed by atoms with Crippen molar-refractivity contribution >= 4 is 17.7 Å². The number of hydrogen-bond donors (Lipinski definition) is 1. The first-order valence-corrected chi connectivity index (χ1v) is 8.93. The molecule has 1 aromatic rings. The number of nitrogens with one attached hydrogen (secondary N) is 1. The molecular weight excluding hydrogens is 343 g/mol. The highest BCUT2D eigenvalue weighted by Crippen LogP contribution is 2.25. The molecule has 27 heavy (non-hydrogen) atoms. The van der Waals surface area contributed by atoms with Crippen LogP contribution in [0.4, 0.5) is 4.53 Å². The summed E-state index contributed by atoms with van der Waals surface area (Å²) in [6.45, 7) is 14.7. The van der Waals surface area contributed by atoms with Gasteiger partial charge in [-0.25, -0.2) is 0 Å². The smallest absolute Gasteiger partial charge is 0.230 e. The molecular formula is C22H33FN2O2. The van der Waals surface area contributed by atoms with Crippen LogP contribution < -0.4 is 5.32 Å². The first-order chi connectivity index (χ1) is 12.6. The first kappa shape index (κ1) is 24.7. The van der Waals surface area contributed by atoms with Crippen molar-refractivity contribution in [2.75, 3.05) is 20.7 Å². The maximum Gasteiger partial charge on any atom is 0.230 e. The Bertz CT molecular complexity index is 659. The number of allylic oxidation sites excluding steroid dienone is 3. The number of amides is 1. The van der Waals surface area contributed by atoms with Gasteiger partial charge in [0.25, 0.3) is 0 Å². The minimum Gasteiger partial charge on any atom is -0.355 e. The molecule has 0 heterocycles. The highest BCUT2D eigenvalue weighted by atomic mass is 19.3. The summed E-state index contributed by atoms with van der Waals surface area (Å²) in [6, 6.07) is 8.09. The Morgan fingerprint density at radius 1 is 1.33 bits per heavy atom. The predicted molar refractivity (Wildman–Crippen MR) is 113 cm³/mol. The number of carbonyl (C=O) groups excluding carboxylic acids is 1. The summed E-state index contributed by atoms with van der Waals surface area (Å²) in [5, 5.41) is 3.02. The average Bonchev–Trinajstić information content (AvgIpc) is 2.59. The number of carbonyl (C=O) groups is 1. The van der Waals surface area contributed by atoms with Gasteiger partial charge in [-0.05, 0) is 47.9 Å². The summed E-state index contributed by atoms with van der Waals surface area (Å²) < 4.78 is 9.79. The van der Waals surface area contributed by atoms with Gasteiger partial charge >= 0.3 is 0 Å². The van der Waals surface area contributed by atoms with Crippen LogP contribution in [0.15, 0.2) is 47.5 Å². The van der Waals surface area contributed by atoms with Crippen LogP contribution in [-0.2, 0) is 15.2 Å². The second-order valence-electron chi connectivity index (χ2n) is 7.29. The Morgan fingerprint density at radius 2 is 1.85 bits per heavy atom. The first-order valence-electron chi connectivity index (χ1n) is 8.93. The Labute approximate surface area is 163 Å². The summed E-state index contributed by atoms with van der Waals surface area (Å²) in [4.78, 5) is 19.3. The monoisotopic (exact) mass is 376 g/mol. The van der Waals surface area contributed by atoms with Gasteiger partial charge in [-0.15, -0.1) is 0 Å². The number of rotatable bonds is 7. The fourth-order valence-electron chi connectivity index (χ4n) is 2.33. The summed E-state index contributed by atoms with van der Waals surface area (Å²) in [6.07, 6.45) is 3.83. The largest absolute Gasteiger partial charge is 0.355 e. The van der Waals surface area contributed by atoms with Gasteiger partial charge in [0, 0.05) is 19.8 Å². The normalized spacial score (nSPS) is 12.0. The van der Waals surface area contributed by atoms with Crippen LogP contribution in [0.3, 0.4) is 0 Å². The maximum absolute atomic E-state index is 12.5. The molecule has 0 radical (unpaired) electrons. The second kappa shape index (κ2) is 12.2. The van der Waals surface area contributed by atoms with E-state index in [1.807, 2.05) is 57.3 Å². The van der Waals surface area contributed by atoms with Crippen molar-refractivity contribution in [3.63, 3.8) is 0 Å². The lowest BCUT2D eigenvalue weighted by molar-refractivity contribution is -0.125. The Hall–Kier alpha value is -2.27. The lowest BCUT2D eigenvalue weighted by Gasteiger charge is -2.25. The molecule has 1 rings (SSSR count). The molecule has 0 aliphatic carbocycles. The van der Waals surface area contributed by atoms with Gasteiger partial charge in [0.15, 0.2) is 0 Å². The van der Waals surface area contributed by atoms with E-state index in [0.717, 1.165) is 29.4 Å². The molecule has 4 nitrogen and oxygen atoms in total. The van der Waals surface area contributed by atoms with Crippen molar-refractivity contribution in [3.05, 3.63) is 53.6 Å².